The van der Waals surface area contributed by atoms with Gasteiger partial charge in [0.1, 0.15) is 0 Å². The van der Waals surface area contributed by atoms with Gasteiger partial charge in [-0.3, -0.25) is 4.55 Å². The fraction of sp³-hybridized carbons (Fsp3) is 1.00. The fourth-order valence-corrected chi connectivity index (χ4v) is 0.975. The molecule has 19 heavy (non-hydrogen) atoms. The van der Waals surface area contributed by atoms with Crippen LogP contribution in [0.2, 0.25) is 0 Å². The summed E-state index contributed by atoms with van der Waals surface area (Å²) in [4.78, 5) is 0. The number of hydrogen-bond donors (Lipinski definition) is 1. The number of halogens is 9. The molecule has 0 aliphatic heterocycles. The quantitative estimate of drug-likeness (QED) is 0.315. The van der Waals surface area contributed by atoms with Crippen LogP contribution in [0.15, 0.2) is 0 Å². The Morgan fingerprint density at radius 2 is 1.00 bits per heavy atom. The van der Waals surface area contributed by atoms with Gasteiger partial charge in [-0.2, -0.15) is 47.9 Å². The average molecular weight is 380 g/mol. The second-order valence-electron chi connectivity index (χ2n) is 2.64. The molecule has 0 aromatic carbocycles. The van der Waals surface area contributed by atoms with Gasteiger partial charge >= 0.3 is 136 Å². The molecule has 0 aliphatic carbocycles. The Kier molecular flexibility index (Phi) is 10.3. The third kappa shape index (κ3) is 4.76. The van der Waals surface area contributed by atoms with Crippen molar-refractivity contribution >= 4 is 10.1 Å². The number of alkyl halides is 9. The number of rotatable bonds is 3. The van der Waals surface area contributed by atoms with Crippen molar-refractivity contribution in [2.24, 2.45) is 0 Å². The molecule has 0 rings (SSSR count). The van der Waals surface area contributed by atoms with Crippen molar-refractivity contribution < 1.29 is 158 Å². The summed E-state index contributed by atoms with van der Waals surface area (Å²) >= 11 is 0. The zero-order chi connectivity index (χ0) is 14.5. The molecule has 0 aromatic heterocycles. The van der Waals surface area contributed by atoms with Gasteiger partial charge in [0.05, 0.1) is 0 Å². The molecule has 0 spiro atoms. The standard InChI is InChI=1S/C4HF9O3S.2K.2H/c5-1(6,3(9,10)11)2(7,8)4(12,13)17(14,15)16;;;;/h(H,14,15,16);;;;/q;2*+1;2*-1. The van der Waals surface area contributed by atoms with Gasteiger partial charge in [-0.25, -0.2) is 0 Å². The SMILES string of the molecule is O=S(=O)(O)C(F)(F)C(F)(F)C(F)(F)C(F)(F)F.[H-].[H-].[K+].[K+]. The first kappa shape index (κ1) is 26.4. The Bertz CT molecular complexity index is 412. The van der Waals surface area contributed by atoms with E-state index in [1.54, 1.807) is 0 Å². The van der Waals surface area contributed by atoms with Crippen molar-refractivity contribution in [3.8, 4) is 0 Å². The molecule has 0 bridgehead atoms. The van der Waals surface area contributed by atoms with E-state index in [0.717, 1.165) is 0 Å². The second kappa shape index (κ2) is 7.41. The first-order chi connectivity index (χ1) is 7.00. The average Bonchev–Trinajstić information content (AvgIpc) is 1.98. The third-order valence-electron chi connectivity index (χ3n) is 1.44. The molecule has 0 fully saturated rings. The van der Waals surface area contributed by atoms with Crippen molar-refractivity contribution in [2.75, 3.05) is 0 Å². The van der Waals surface area contributed by atoms with Crippen LogP contribution >= 0.6 is 0 Å². The molecular formula is C4H3F9K2O3S. The molecule has 0 aliphatic rings. The van der Waals surface area contributed by atoms with Crippen LogP contribution in [0.1, 0.15) is 2.85 Å². The van der Waals surface area contributed by atoms with Crippen molar-refractivity contribution in [1.82, 2.24) is 0 Å². The largest absolute Gasteiger partial charge is 1.00 e. The van der Waals surface area contributed by atoms with Crippen LogP contribution in [0.3, 0.4) is 0 Å². The van der Waals surface area contributed by atoms with Crippen LogP contribution in [0.25, 0.3) is 0 Å². The van der Waals surface area contributed by atoms with Crippen LogP contribution in [-0.4, -0.2) is 36.2 Å². The van der Waals surface area contributed by atoms with E-state index in [0.29, 0.717) is 0 Å². The van der Waals surface area contributed by atoms with Crippen molar-refractivity contribution in [1.29, 1.82) is 0 Å². The third-order valence-corrected chi connectivity index (χ3v) is 2.34. The molecule has 0 saturated carbocycles. The van der Waals surface area contributed by atoms with E-state index in [4.69, 9.17) is 4.55 Å². The van der Waals surface area contributed by atoms with Gasteiger partial charge in [0.15, 0.2) is 0 Å². The topological polar surface area (TPSA) is 54.4 Å². The molecule has 0 saturated heterocycles. The van der Waals surface area contributed by atoms with E-state index in [1.807, 2.05) is 0 Å². The Labute approximate surface area is 188 Å². The summed E-state index contributed by atoms with van der Waals surface area (Å²) in [7, 11) is -7.17. The van der Waals surface area contributed by atoms with Crippen molar-refractivity contribution in [3.63, 3.8) is 0 Å². The van der Waals surface area contributed by atoms with Crippen LogP contribution in [-0.2, 0) is 10.1 Å². The van der Waals surface area contributed by atoms with Gasteiger partial charge in [-0.1, -0.05) is 0 Å². The van der Waals surface area contributed by atoms with Crippen molar-refractivity contribution in [3.05, 3.63) is 0 Å². The van der Waals surface area contributed by atoms with E-state index in [1.165, 1.54) is 0 Å². The molecule has 108 valence electrons. The van der Waals surface area contributed by atoms with E-state index in [2.05, 4.69) is 0 Å². The zero-order valence-electron chi connectivity index (χ0n) is 11.1. The summed E-state index contributed by atoms with van der Waals surface area (Å²) in [5.74, 6) is -14.7. The molecule has 15 heteroatoms. The van der Waals surface area contributed by atoms with Gasteiger partial charge in [0.25, 0.3) is 0 Å². The monoisotopic (exact) mass is 380 g/mol. The minimum absolute atomic E-state index is 0. The molecular weight excluding hydrogens is 377 g/mol. The maximum atomic E-state index is 12.2. The van der Waals surface area contributed by atoms with Gasteiger partial charge in [-0.15, -0.1) is 0 Å². The molecule has 0 amide bonds. The van der Waals surface area contributed by atoms with Gasteiger partial charge in [-0.05, 0) is 0 Å². The Balaban J connectivity index is -0.000000213. The molecule has 1 N–H and O–H groups in total. The molecule has 0 atom stereocenters. The van der Waals surface area contributed by atoms with Gasteiger partial charge in [0.2, 0.25) is 0 Å². The Morgan fingerprint density at radius 3 is 1.16 bits per heavy atom. The Morgan fingerprint density at radius 1 is 0.737 bits per heavy atom. The first-order valence-electron chi connectivity index (χ1n) is 3.17. The smallest absolute Gasteiger partial charge is 1.00 e. The van der Waals surface area contributed by atoms with Gasteiger partial charge in [0, 0.05) is 0 Å². The zero-order valence-corrected chi connectivity index (χ0v) is 16.1. The fourth-order valence-electron chi connectivity index (χ4n) is 0.523. The summed E-state index contributed by atoms with van der Waals surface area (Å²) in [6.45, 7) is 0. The predicted molar refractivity (Wildman–Crippen MR) is 34.7 cm³/mol. The summed E-state index contributed by atoms with van der Waals surface area (Å²) in [6, 6.07) is 0. The van der Waals surface area contributed by atoms with E-state index in [-0.39, 0.29) is 106 Å². The second-order valence-corrected chi connectivity index (χ2v) is 4.10. The summed E-state index contributed by atoms with van der Waals surface area (Å²) < 4.78 is 134. The molecule has 0 heterocycles. The first-order valence-corrected chi connectivity index (χ1v) is 4.61. The van der Waals surface area contributed by atoms with E-state index in [9.17, 15) is 47.9 Å². The van der Waals surface area contributed by atoms with E-state index >= 15 is 0 Å². The van der Waals surface area contributed by atoms with Crippen LogP contribution in [0, 0.1) is 0 Å². The number of hydrogen-bond acceptors (Lipinski definition) is 2. The minimum Gasteiger partial charge on any atom is -1.00 e. The van der Waals surface area contributed by atoms with Crippen LogP contribution in [0.4, 0.5) is 39.5 Å². The van der Waals surface area contributed by atoms with Crippen LogP contribution in [0.5, 0.6) is 0 Å². The molecule has 0 radical (unpaired) electrons. The summed E-state index contributed by atoms with van der Waals surface area (Å²) in [5.41, 5.74) is 0. The van der Waals surface area contributed by atoms with Crippen molar-refractivity contribution in [2.45, 2.75) is 23.3 Å². The predicted octanol–water partition coefficient (Wildman–Crippen LogP) is -3.47. The van der Waals surface area contributed by atoms with E-state index < -0.39 is 33.4 Å². The molecule has 3 nitrogen and oxygen atoms in total. The molecule has 0 unspecified atom stereocenters. The maximum Gasteiger partial charge on any atom is 1.00 e. The summed E-state index contributed by atoms with van der Waals surface area (Å²) in [6.07, 6.45) is -7.13. The maximum absolute atomic E-state index is 12.2. The van der Waals surface area contributed by atoms with Crippen LogP contribution < -0.4 is 103 Å². The molecule has 0 aromatic rings. The summed E-state index contributed by atoms with van der Waals surface area (Å²) in [5, 5.41) is -7.00. The minimum atomic E-state index is -7.37. The Hall–Kier alpha value is 2.55. The normalized spacial score (nSPS) is 14.4. The van der Waals surface area contributed by atoms with Gasteiger partial charge < -0.3 is 2.85 Å².